The van der Waals surface area contributed by atoms with Gasteiger partial charge in [-0.3, -0.25) is 0 Å². The van der Waals surface area contributed by atoms with Crippen molar-refractivity contribution in [2.75, 3.05) is 19.6 Å². The lowest BCUT2D eigenvalue weighted by molar-refractivity contribution is 0.246. The van der Waals surface area contributed by atoms with Gasteiger partial charge in [0.15, 0.2) is 0 Å². The van der Waals surface area contributed by atoms with E-state index >= 15 is 0 Å². The summed E-state index contributed by atoms with van der Waals surface area (Å²) in [6.45, 7) is 7.48. The van der Waals surface area contributed by atoms with Gasteiger partial charge in [-0.25, -0.2) is 0 Å². The molecule has 1 aliphatic rings. The van der Waals surface area contributed by atoms with Crippen molar-refractivity contribution >= 4 is 0 Å². The van der Waals surface area contributed by atoms with Crippen LogP contribution in [0.2, 0.25) is 0 Å². The van der Waals surface area contributed by atoms with Crippen molar-refractivity contribution < 1.29 is 0 Å². The summed E-state index contributed by atoms with van der Waals surface area (Å²) in [5, 5.41) is 3.57. The smallest absolute Gasteiger partial charge is 0.0270 e. The number of nitrogens with zero attached hydrogens (tertiary/aromatic N) is 4. The zero-order chi connectivity index (χ0) is 11.1. The Hall–Kier alpha value is -0.730. The first-order valence-corrected chi connectivity index (χ1v) is 5.99. The molecule has 0 N–H and O–H groups in total. The molecule has 0 aromatic heterocycles. The minimum absolute atomic E-state index is 0.640. The predicted molar refractivity (Wildman–Crippen MR) is 62.7 cm³/mol. The van der Waals surface area contributed by atoms with Gasteiger partial charge in [-0.2, -0.15) is 0 Å². The average Bonchev–Trinajstić information content (AvgIpc) is 3.00. The van der Waals surface area contributed by atoms with Crippen molar-refractivity contribution in [1.29, 1.82) is 0 Å². The standard InChI is InChI=1S/C11H22N4/c1-10(2)6-9-15(11-4-5-11)8-3-7-13-14-12/h10-11H,3-9H2,1-2H3. The molecule has 0 unspecified atom stereocenters. The Bertz CT molecular complexity index is 217. The predicted octanol–water partition coefficient (Wildman–Crippen LogP) is 3.20. The molecule has 4 heteroatoms. The maximum atomic E-state index is 8.17. The lowest BCUT2D eigenvalue weighted by atomic mass is 10.1. The van der Waals surface area contributed by atoms with Crippen LogP contribution in [-0.2, 0) is 0 Å². The van der Waals surface area contributed by atoms with Crippen LogP contribution in [0.4, 0.5) is 0 Å². The largest absolute Gasteiger partial charge is 0.300 e. The fourth-order valence-electron chi connectivity index (χ4n) is 1.73. The molecule has 0 saturated heterocycles. The topological polar surface area (TPSA) is 52.0 Å². The van der Waals surface area contributed by atoms with Gasteiger partial charge in [-0.05, 0) is 50.2 Å². The van der Waals surface area contributed by atoms with E-state index in [4.69, 9.17) is 5.53 Å². The summed E-state index contributed by atoms with van der Waals surface area (Å²) >= 11 is 0. The minimum Gasteiger partial charge on any atom is -0.300 e. The van der Waals surface area contributed by atoms with Crippen LogP contribution >= 0.6 is 0 Å². The fourth-order valence-corrected chi connectivity index (χ4v) is 1.73. The SMILES string of the molecule is CC(C)CCN(CCCN=[N+]=[N-])C1CC1. The van der Waals surface area contributed by atoms with E-state index in [1.54, 1.807) is 0 Å². The number of rotatable bonds is 8. The molecule has 1 aliphatic carbocycles. The zero-order valence-electron chi connectivity index (χ0n) is 9.89. The van der Waals surface area contributed by atoms with Crippen LogP contribution in [0.3, 0.4) is 0 Å². The maximum Gasteiger partial charge on any atom is 0.0270 e. The highest BCUT2D eigenvalue weighted by Crippen LogP contribution is 2.27. The molecule has 15 heavy (non-hydrogen) atoms. The van der Waals surface area contributed by atoms with Gasteiger partial charge in [0.05, 0.1) is 0 Å². The Morgan fingerprint density at radius 3 is 2.67 bits per heavy atom. The van der Waals surface area contributed by atoms with E-state index in [-0.39, 0.29) is 0 Å². The molecule has 0 heterocycles. The van der Waals surface area contributed by atoms with Crippen LogP contribution < -0.4 is 0 Å². The molecular weight excluding hydrogens is 188 g/mol. The molecule has 86 valence electrons. The summed E-state index contributed by atoms with van der Waals surface area (Å²) < 4.78 is 0. The van der Waals surface area contributed by atoms with Crippen molar-refractivity contribution in [3.63, 3.8) is 0 Å². The molecule has 0 radical (unpaired) electrons. The summed E-state index contributed by atoms with van der Waals surface area (Å²) in [4.78, 5) is 5.34. The molecule has 1 saturated carbocycles. The van der Waals surface area contributed by atoms with Gasteiger partial charge < -0.3 is 4.90 Å². The van der Waals surface area contributed by atoms with Crippen molar-refractivity contribution in [2.24, 2.45) is 11.0 Å². The first kappa shape index (κ1) is 12.3. The van der Waals surface area contributed by atoms with E-state index in [1.807, 2.05) is 0 Å². The molecule has 0 spiro atoms. The molecular formula is C11H22N4. The third kappa shape index (κ3) is 5.65. The second-order valence-corrected chi connectivity index (χ2v) is 4.76. The van der Waals surface area contributed by atoms with E-state index in [0.717, 1.165) is 24.9 Å². The van der Waals surface area contributed by atoms with Gasteiger partial charge in [0.25, 0.3) is 0 Å². The van der Waals surface area contributed by atoms with E-state index in [2.05, 4.69) is 28.8 Å². The maximum absolute atomic E-state index is 8.17. The van der Waals surface area contributed by atoms with Gasteiger partial charge in [0.1, 0.15) is 0 Å². The molecule has 0 amide bonds. The van der Waals surface area contributed by atoms with Crippen LogP contribution in [-0.4, -0.2) is 30.6 Å². The van der Waals surface area contributed by atoms with Crippen molar-refractivity contribution in [2.45, 2.75) is 45.6 Å². The van der Waals surface area contributed by atoms with Crippen LogP contribution in [0.25, 0.3) is 10.4 Å². The molecule has 0 atom stereocenters. The minimum atomic E-state index is 0.640. The second-order valence-electron chi connectivity index (χ2n) is 4.76. The summed E-state index contributed by atoms with van der Waals surface area (Å²) in [6.07, 6.45) is 5.00. The molecule has 0 aliphatic heterocycles. The van der Waals surface area contributed by atoms with E-state index in [1.165, 1.54) is 25.8 Å². The highest BCUT2D eigenvalue weighted by Gasteiger charge is 2.27. The normalized spacial score (nSPS) is 15.7. The highest BCUT2D eigenvalue weighted by molar-refractivity contribution is 4.84. The lowest BCUT2D eigenvalue weighted by Gasteiger charge is -2.22. The van der Waals surface area contributed by atoms with Crippen molar-refractivity contribution in [3.05, 3.63) is 10.4 Å². The highest BCUT2D eigenvalue weighted by atomic mass is 15.2. The summed E-state index contributed by atoms with van der Waals surface area (Å²) in [5.41, 5.74) is 8.17. The van der Waals surface area contributed by atoms with Crippen molar-refractivity contribution in [3.8, 4) is 0 Å². The average molecular weight is 210 g/mol. The third-order valence-electron chi connectivity index (χ3n) is 2.82. The molecule has 0 aromatic rings. The third-order valence-corrected chi connectivity index (χ3v) is 2.82. The summed E-state index contributed by atoms with van der Waals surface area (Å²) in [5.74, 6) is 0.781. The first-order chi connectivity index (χ1) is 7.24. The number of hydrogen-bond acceptors (Lipinski definition) is 2. The number of hydrogen-bond donors (Lipinski definition) is 0. The van der Waals surface area contributed by atoms with E-state index in [0.29, 0.717) is 6.54 Å². The Morgan fingerprint density at radius 1 is 1.40 bits per heavy atom. The second kappa shape index (κ2) is 6.70. The molecule has 0 aromatic carbocycles. The van der Waals surface area contributed by atoms with E-state index < -0.39 is 0 Å². The summed E-state index contributed by atoms with van der Waals surface area (Å²) in [7, 11) is 0. The molecule has 4 nitrogen and oxygen atoms in total. The van der Waals surface area contributed by atoms with Gasteiger partial charge >= 0.3 is 0 Å². The van der Waals surface area contributed by atoms with Gasteiger partial charge in [0, 0.05) is 17.5 Å². The fraction of sp³-hybridized carbons (Fsp3) is 1.00. The Kier molecular flexibility index (Phi) is 5.51. The van der Waals surface area contributed by atoms with E-state index in [9.17, 15) is 0 Å². The Labute approximate surface area is 92.3 Å². The van der Waals surface area contributed by atoms with Gasteiger partial charge in [-0.1, -0.05) is 19.0 Å². The Balaban J connectivity index is 2.15. The van der Waals surface area contributed by atoms with Crippen LogP contribution in [0.15, 0.2) is 5.11 Å². The number of azide groups is 1. The molecule has 1 rings (SSSR count). The van der Waals surface area contributed by atoms with Crippen LogP contribution in [0.5, 0.6) is 0 Å². The van der Waals surface area contributed by atoms with Gasteiger partial charge in [-0.15, -0.1) is 0 Å². The monoisotopic (exact) mass is 210 g/mol. The molecule has 0 bridgehead atoms. The van der Waals surface area contributed by atoms with Crippen LogP contribution in [0, 0.1) is 5.92 Å². The van der Waals surface area contributed by atoms with Crippen molar-refractivity contribution in [1.82, 2.24) is 4.90 Å². The summed E-state index contributed by atoms with van der Waals surface area (Å²) in [6, 6.07) is 0.829. The zero-order valence-corrected chi connectivity index (χ0v) is 9.89. The quantitative estimate of drug-likeness (QED) is 0.263. The van der Waals surface area contributed by atoms with Gasteiger partial charge in [0.2, 0.25) is 0 Å². The first-order valence-electron chi connectivity index (χ1n) is 5.99. The molecule has 1 fully saturated rings. The van der Waals surface area contributed by atoms with Crippen LogP contribution in [0.1, 0.15) is 39.5 Å². The Morgan fingerprint density at radius 2 is 2.13 bits per heavy atom. The lowest BCUT2D eigenvalue weighted by Crippen LogP contribution is -2.29.